The van der Waals surface area contributed by atoms with Crippen molar-refractivity contribution in [3.8, 4) is 17.7 Å². The number of aromatic nitrogens is 1. The van der Waals surface area contributed by atoms with Crippen LogP contribution in [0.5, 0.6) is 11.6 Å². The molecule has 0 spiro atoms. The Morgan fingerprint density at radius 1 is 1.12 bits per heavy atom. The van der Waals surface area contributed by atoms with Crippen LogP contribution in [0.4, 0.5) is 0 Å². The fourth-order valence-corrected chi connectivity index (χ4v) is 2.25. The number of pyridine rings is 1. The minimum atomic E-state index is -1.27. The molecular weight excluding hydrogens is 336 g/mol. The summed E-state index contributed by atoms with van der Waals surface area (Å²) >= 11 is 0. The van der Waals surface area contributed by atoms with Crippen molar-refractivity contribution >= 4 is 18.0 Å². The number of hydrogen-bond donors (Lipinski definition) is 0. The smallest absolute Gasteiger partial charge is 0.348 e. The fraction of sp³-hybridized carbons (Fsp3) is 0.158. The van der Waals surface area contributed by atoms with Gasteiger partial charge in [-0.3, -0.25) is 0 Å². The molecule has 0 atom stereocenters. The topological polar surface area (TPSA) is 98.5 Å². The van der Waals surface area contributed by atoms with Crippen LogP contribution in [0.25, 0.3) is 6.08 Å². The molecule has 0 unspecified atom stereocenters. The lowest BCUT2D eigenvalue weighted by atomic mass is 10.1. The highest BCUT2D eigenvalue weighted by molar-refractivity contribution is 6.18. The van der Waals surface area contributed by atoms with Crippen molar-refractivity contribution in [2.45, 2.75) is 19.6 Å². The molecule has 0 aliphatic carbocycles. The molecule has 26 heavy (non-hydrogen) atoms. The summed E-state index contributed by atoms with van der Waals surface area (Å²) in [6, 6.07) is 11.8. The molecule has 0 N–H and O–H groups in total. The quantitative estimate of drug-likeness (QED) is 0.477. The van der Waals surface area contributed by atoms with Crippen LogP contribution < -0.4 is 4.74 Å². The Morgan fingerprint density at radius 2 is 1.77 bits per heavy atom. The van der Waals surface area contributed by atoms with Crippen LogP contribution in [-0.2, 0) is 19.1 Å². The van der Waals surface area contributed by atoms with Gasteiger partial charge in [-0.25, -0.2) is 14.6 Å². The van der Waals surface area contributed by atoms with E-state index in [0.717, 1.165) is 0 Å². The van der Waals surface area contributed by atoms with Gasteiger partial charge in [0.15, 0.2) is 0 Å². The number of esters is 2. The predicted octanol–water partition coefficient (Wildman–Crippen LogP) is 2.97. The van der Waals surface area contributed by atoms with Crippen molar-refractivity contribution in [1.82, 2.24) is 4.98 Å². The number of carbonyl (C=O) groups excluding carboxylic acids is 2. The van der Waals surface area contributed by atoms with Gasteiger partial charge in [0.25, 0.3) is 5.79 Å². The molecule has 1 aromatic heterocycles. The zero-order chi connectivity index (χ0) is 18.7. The molecule has 7 nitrogen and oxygen atoms in total. The van der Waals surface area contributed by atoms with E-state index in [-0.39, 0.29) is 11.5 Å². The van der Waals surface area contributed by atoms with Gasteiger partial charge in [-0.2, -0.15) is 5.26 Å². The van der Waals surface area contributed by atoms with Crippen LogP contribution in [0.3, 0.4) is 0 Å². The molecular formula is C19H14N2O5. The number of rotatable bonds is 3. The Kier molecular flexibility index (Phi) is 4.42. The lowest BCUT2D eigenvalue weighted by Crippen LogP contribution is -2.41. The predicted molar refractivity (Wildman–Crippen MR) is 89.7 cm³/mol. The van der Waals surface area contributed by atoms with Gasteiger partial charge >= 0.3 is 11.9 Å². The van der Waals surface area contributed by atoms with Crippen molar-refractivity contribution in [2.24, 2.45) is 0 Å². The zero-order valence-corrected chi connectivity index (χ0v) is 14.1. The molecule has 1 aromatic carbocycles. The fourth-order valence-electron chi connectivity index (χ4n) is 2.25. The second-order valence-electron chi connectivity index (χ2n) is 5.88. The Balaban J connectivity index is 1.79. The first-order chi connectivity index (χ1) is 12.4. The highest BCUT2D eigenvalue weighted by Crippen LogP contribution is 2.26. The van der Waals surface area contributed by atoms with E-state index in [2.05, 4.69) is 4.98 Å². The van der Waals surface area contributed by atoms with Gasteiger partial charge in [0.1, 0.15) is 23.0 Å². The van der Waals surface area contributed by atoms with Crippen LogP contribution >= 0.6 is 0 Å². The number of hydrogen-bond acceptors (Lipinski definition) is 7. The largest absolute Gasteiger partial charge is 0.438 e. The van der Waals surface area contributed by atoms with Crippen LogP contribution in [-0.4, -0.2) is 22.7 Å². The summed E-state index contributed by atoms with van der Waals surface area (Å²) in [5.74, 6) is -2.10. The molecule has 0 bridgehead atoms. The molecule has 130 valence electrons. The summed E-state index contributed by atoms with van der Waals surface area (Å²) in [6.45, 7) is 2.97. The summed E-state index contributed by atoms with van der Waals surface area (Å²) in [5.41, 5.74) is 0.714. The SMILES string of the molecule is CC1(C)OC(=O)C(=Cc2ccc(Oc3ncccc3C#N)cc2)C(=O)O1. The molecule has 7 heteroatoms. The molecule has 2 aromatic rings. The van der Waals surface area contributed by atoms with Crippen LogP contribution in [0.2, 0.25) is 0 Å². The first-order valence-corrected chi connectivity index (χ1v) is 7.69. The van der Waals surface area contributed by atoms with Crippen LogP contribution in [0.15, 0.2) is 48.2 Å². The highest BCUT2D eigenvalue weighted by Gasteiger charge is 2.38. The monoisotopic (exact) mass is 350 g/mol. The summed E-state index contributed by atoms with van der Waals surface area (Å²) < 4.78 is 15.7. The molecule has 3 rings (SSSR count). The molecule has 0 radical (unpaired) electrons. The average molecular weight is 350 g/mol. The lowest BCUT2D eigenvalue weighted by Gasteiger charge is -2.29. The van der Waals surface area contributed by atoms with E-state index in [4.69, 9.17) is 19.5 Å². The Hall–Kier alpha value is -3.66. The van der Waals surface area contributed by atoms with Crippen molar-refractivity contribution in [2.75, 3.05) is 0 Å². The summed E-state index contributed by atoms with van der Waals surface area (Å²) in [5, 5.41) is 9.04. The number of benzene rings is 1. The molecule has 2 heterocycles. The van der Waals surface area contributed by atoms with Gasteiger partial charge < -0.3 is 14.2 Å². The molecule has 1 saturated heterocycles. The van der Waals surface area contributed by atoms with Gasteiger partial charge in [-0.1, -0.05) is 12.1 Å². The summed E-state index contributed by atoms with van der Waals surface area (Å²) in [4.78, 5) is 27.9. The Labute approximate surface area is 149 Å². The molecule has 1 fully saturated rings. The standard InChI is InChI=1S/C19H14N2O5/c1-19(2)25-17(22)15(18(23)26-19)10-12-5-7-14(8-6-12)24-16-13(11-20)4-3-9-21-16/h3-10H,1-2H3. The zero-order valence-electron chi connectivity index (χ0n) is 14.1. The third-order valence-corrected chi connectivity index (χ3v) is 3.41. The van der Waals surface area contributed by atoms with Crippen LogP contribution in [0.1, 0.15) is 25.0 Å². The lowest BCUT2D eigenvalue weighted by molar-refractivity contribution is -0.222. The maximum absolute atomic E-state index is 11.9. The Morgan fingerprint density at radius 3 is 2.38 bits per heavy atom. The first kappa shape index (κ1) is 17.2. The van der Waals surface area contributed by atoms with E-state index in [0.29, 0.717) is 16.9 Å². The summed E-state index contributed by atoms with van der Waals surface area (Å²) in [6.07, 6.45) is 2.90. The van der Waals surface area contributed by atoms with E-state index < -0.39 is 17.7 Å². The van der Waals surface area contributed by atoms with E-state index >= 15 is 0 Å². The number of ether oxygens (including phenoxy) is 3. The Bertz CT molecular complexity index is 917. The minimum absolute atomic E-state index is 0.186. The number of carbonyl (C=O) groups is 2. The van der Waals surface area contributed by atoms with Gasteiger partial charge in [0.2, 0.25) is 5.88 Å². The average Bonchev–Trinajstić information content (AvgIpc) is 2.59. The third-order valence-electron chi connectivity index (χ3n) is 3.41. The van der Waals surface area contributed by atoms with Crippen molar-refractivity contribution < 1.29 is 23.8 Å². The molecule has 1 aliphatic heterocycles. The molecule has 0 saturated carbocycles. The second kappa shape index (κ2) is 6.69. The third kappa shape index (κ3) is 3.70. The van der Waals surface area contributed by atoms with Gasteiger partial charge in [-0.15, -0.1) is 0 Å². The van der Waals surface area contributed by atoms with Crippen molar-refractivity contribution in [1.29, 1.82) is 5.26 Å². The number of nitriles is 1. The van der Waals surface area contributed by atoms with Gasteiger partial charge in [-0.05, 0) is 35.9 Å². The van der Waals surface area contributed by atoms with Crippen molar-refractivity contribution in [3.05, 3.63) is 59.3 Å². The molecule has 1 aliphatic rings. The van der Waals surface area contributed by atoms with E-state index in [1.54, 1.807) is 36.4 Å². The van der Waals surface area contributed by atoms with E-state index in [9.17, 15) is 9.59 Å². The maximum atomic E-state index is 11.9. The van der Waals surface area contributed by atoms with E-state index in [1.807, 2.05) is 6.07 Å². The molecule has 0 amide bonds. The normalized spacial score (nSPS) is 15.5. The summed E-state index contributed by atoms with van der Waals surface area (Å²) in [7, 11) is 0. The van der Waals surface area contributed by atoms with Crippen LogP contribution in [0, 0.1) is 11.3 Å². The second-order valence-corrected chi connectivity index (χ2v) is 5.88. The minimum Gasteiger partial charge on any atom is -0.438 e. The number of nitrogens with zero attached hydrogens (tertiary/aromatic N) is 2. The number of cyclic esters (lactones) is 2. The van der Waals surface area contributed by atoms with E-state index in [1.165, 1.54) is 26.1 Å². The van der Waals surface area contributed by atoms with Gasteiger partial charge in [0, 0.05) is 20.0 Å². The maximum Gasteiger partial charge on any atom is 0.348 e. The highest BCUT2D eigenvalue weighted by atomic mass is 16.7. The van der Waals surface area contributed by atoms with Crippen molar-refractivity contribution in [3.63, 3.8) is 0 Å². The first-order valence-electron chi connectivity index (χ1n) is 7.69. The van der Waals surface area contributed by atoms with Gasteiger partial charge in [0.05, 0.1) is 0 Å².